The third-order valence-corrected chi connectivity index (χ3v) is 5.25. The van der Waals surface area contributed by atoms with E-state index < -0.39 is 12.0 Å². The Morgan fingerprint density at radius 1 is 1.18 bits per heavy atom. The molecule has 2 heterocycles. The number of benzene rings is 2. The van der Waals surface area contributed by atoms with Gasteiger partial charge in [-0.25, -0.2) is 14.8 Å². The van der Waals surface area contributed by atoms with Crippen LogP contribution < -0.4 is 16.6 Å². The van der Waals surface area contributed by atoms with Crippen LogP contribution in [0.2, 0.25) is 5.02 Å². The molecule has 0 bridgehead atoms. The molecule has 1 atom stereocenters. The van der Waals surface area contributed by atoms with Crippen LogP contribution >= 0.6 is 11.6 Å². The monoisotopic (exact) mass is 464 g/mol. The molecular weight excluding hydrogens is 444 g/mol. The molecule has 9 nitrogen and oxygen atoms in total. The molecule has 0 saturated heterocycles. The number of rotatable bonds is 6. The zero-order chi connectivity index (χ0) is 23.5. The number of nitrogens with zero attached hydrogens (tertiary/aromatic N) is 4. The van der Waals surface area contributed by atoms with E-state index in [2.05, 4.69) is 15.3 Å². The van der Waals surface area contributed by atoms with E-state index in [1.807, 2.05) is 18.2 Å². The van der Waals surface area contributed by atoms with E-state index in [0.717, 1.165) is 0 Å². The first kappa shape index (κ1) is 22.2. The van der Waals surface area contributed by atoms with Gasteiger partial charge in [0, 0.05) is 6.20 Å². The lowest BCUT2D eigenvalue weighted by Gasteiger charge is -2.21. The fraction of sp³-hybridized carbons (Fsp3) is 0.174. The highest BCUT2D eigenvalue weighted by Gasteiger charge is 2.22. The number of para-hydroxylation sites is 1. The maximum atomic E-state index is 13.5. The first-order valence-corrected chi connectivity index (χ1v) is 10.6. The number of ether oxygens (including phenoxy) is 1. The van der Waals surface area contributed by atoms with Crippen molar-refractivity contribution in [3.05, 3.63) is 81.5 Å². The second-order valence-electron chi connectivity index (χ2n) is 7.16. The molecule has 0 aliphatic rings. The molecule has 0 aliphatic carbocycles. The van der Waals surface area contributed by atoms with Crippen LogP contribution in [0.5, 0.6) is 0 Å². The molecule has 2 aromatic heterocycles. The number of carbonyl (C=O) groups excluding carboxylic acids is 1. The van der Waals surface area contributed by atoms with E-state index in [1.165, 1.54) is 10.8 Å². The standard InChI is InChI=1S/C23H21ClN6O3/c1-3-33-22(32)15-12-26-23(25)29-19(15)27-13(2)20-28-17-11-7-10-16(24)18(17)21(31)30(20)14-8-5-4-6-9-14/h4-13H,3H2,1-2H3,(H3,25,26,27,29)/t13-/m0/s1. The molecular formula is C23H21ClN6O3. The lowest BCUT2D eigenvalue weighted by atomic mass is 10.2. The Morgan fingerprint density at radius 2 is 1.94 bits per heavy atom. The summed E-state index contributed by atoms with van der Waals surface area (Å²) in [6.45, 7) is 3.69. The molecule has 10 heteroatoms. The molecule has 33 heavy (non-hydrogen) atoms. The molecule has 2 aromatic carbocycles. The largest absolute Gasteiger partial charge is 0.462 e. The smallest absolute Gasteiger partial charge is 0.343 e. The number of aromatic nitrogens is 4. The maximum absolute atomic E-state index is 13.5. The van der Waals surface area contributed by atoms with E-state index in [0.29, 0.717) is 27.4 Å². The van der Waals surface area contributed by atoms with Crippen LogP contribution in [0.4, 0.5) is 11.8 Å². The van der Waals surface area contributed by atoms with Gasteiger partial charge in [-0.15, -0.1) is 0 Å². The van der Waals surface area contributed by atoms with Gasteiger partial charge in [0.25, 0.3) is 5.56 Å². The highest BCUT2D eigenvalue weighted by molar-refractivity contribution is 6.35. The number of hydrogen-bond acceptors (Lipinski definition) is 8. The van der Waals surface area contributed by atoms with Crippen LogP contribution in [0.25, 0.3) is 16.6 Å². The van der Waals surface area contributed by atoms with Gasteiger partial charge in [-0.1, -0.05) is 35.9 Å². The summed E-state index contributed by atoms with van der Waals surface area (Å²) in [5.74, 6) is -0.0381. The predicted molar refractivity (Wildman–Crippen MR) is 127 cm³/mol. The molecule has 0 unspecified atom stereocenters. The normalized spacial score (nSPS) is 11.8. The van der Waals surface area contributed by atoms with Crippen molar-refractivity contribution in [1.82, 2.24) is 19.5 Å². The van der Waals surface area contributed by atoms with Crippen LogP contribution in [-0.2, 0) is 4.74 Å². The van der Waals surface area contributed by atoms with E-state index in [1.54, 1.807) is 44.2 Å². The highest BCUT2D eigenvalue weighted by atomic mass is 35.5. The van der Waals surface area contributed by atoms with Gasteiger partial charge in [0.15, 0.2) is 0 Å². The van der Waals surface area contributed by atoms with Crippen molar-refractivity contribution in [2.45, 2.75) is 19.9 Å². The van der Waals surface area contributed by atoms with Gasteiger partial charge in [0.2, 0.25) is 5.95 Å². The zero-order valence-corrected chi connectivity index (χ0v) is 18.7. The lowest BCUT2D eigenvalue weighted by Crippen LogP contribution is -2.28. The third-order valence-electron chi connectivity index (χ3n) is 4.93. The predicted octanol–water partition coefficient (Wildman–Crippen LogP) is 3.76. The Kier molecular flexibility index (Phi) is 6.23. The molecule has 0 radical (unpaired) electrons. The van der Waals surface area contributed by atoms with E-state index in [9.17, 15) is 9.59 Å². The fourth-order valence-electron chi connectivity index (χ4n) is 3.46. The van der Waals surface area contributed by atoms with Crippen molar-refractivity contribution >= 4 is 40.2 Å². The molecule has 4 rings (SSSR count). The van der Waals surface area contributed by atoms with E-state index >= 15 is 0 Å². The van der Waals surface area contributed by atoms with Gasteiger partial charge >= 0.3 is 5.97 Å². The average Bonchev–Trinajstić information content (AvgIpc) is 2.79. The Morgan fingerprint density at radius 3 is 2.67 bits per heavy atom. The molecule has 0 spiro atoms. The SMILES string of the molecule is CCOC(=O)c1cnc(N)nc1N[C@@H](C)c1nc2cccc(Cl)c2c(=O)n1-c1ccccc1. The van der Waals surface area contributed by atoms with Crippen LogP contribution in [0.15, 0.2) is 59.5 Å². The molecule has 168 valence electrons. The van der Waals surface area contributed by atoms with Crippen molar-refractivity contribution in [3.8, 4) is 5.69 Å². The molecule has 4 aromatic rings. The van der Waals surface area contributed by atoms with Crippen molar-refractivity contribution in [2.75, 3.05) is 17.7 Å². The minimum Gasteiger partial charge on any atom is -0.462 e. The quantitative estimate of drug-likeness (QED) is 0.413. The Balaban J connectivity index is 1.88. The maximum Gasteiger partial charge on any atom is 0.343 e. The fourth-order valence-corrected chi connectivity index (χ4v) is 3.71. The number of nitrogen functional groups attached to an aromatic ring is 1. The van der Waals surface area contributed by atoms with Crippen LogP contribution in [0.3, 0.4) is 0 Å². The van der Waals surface area contributed by atoms with Gasteiger partial charge in [-0.2, -0.15) is 4.98 Å². The van der Waals surface area contributed by atoms with Crippen LogP contribution in [0, 0.1) is 0 Å². The van der Waals surface area contributed by atoms with E-state index in [-0.39, 0.29) is 29.5 Å². The number of nitrogens with one attached hydrogen (secondary N) is 1. The topological polar surface area (TPSA) is 125 Å². The summed E-state index contributed by atoms with van der Waals surface area (Å²) in [7, 11) is 0. The third kappa shape index (κ3) is 4.35. The number of esters is 1. The number of fused-ring (bicyclic) bond motifs is 1. The first-order valence-electron chi connectivity index (χ1n) is 10.2. The zero-order valence-electron chi connectivity index (χ0n) is 17.9. The molecule has 0 amide bonds. The Labute approximate surface area is 194 Å². The van der Waals surface area contributed by atoms with Crippen molar-refractivity contribution in [1.29, 1.82) is 0 Å². The second kappa shape index (κ2) is 9.25. The minimum atomic E-state index is -0.592. The van der Waals surface area contributed by atoms with Gasteiger partial charge in [-0.05, 0) is 38.1 Å². The highest BCUT2D eigenvalue weighted by Crippen LogP contribution is 2.25. The second-order valence-corrected chi connectivity index (χ2v) is 7.56. The molecule has 0 saturated carbocycles. The summed E-state index contributed by atoms with van der Waals surface area (Å²) in [5, 5.41) is 3.77. The molecule has 0 aliphatic heterocycles. The Hall–Kier alpha value is -3.98. The number of nitrogens with two attached hydrogens (primary N) is 1. The van der Waals surface area contributed by atoms with Crippen molar-refractivity contribution < 1.29 is 9.53 Å². The summed E-state index contributed by atoms with van der Waals surface area (Å²) < 4.78 is 6.58. The average molecular weight is 465 g/mol. The van der Waals surface area contributed by atoms with Crippen molar-refractivity contribution in [3.63, 3.8) is 0 Å². The van der Waals surface area contributed by atoms with E-state index in [4.69, 9.17) is 27.1 Å². The van der Waals surface area contributed by atoms with Crippen LogP contribution in [0.1, 0.15) is 36.1 Å². The number of halogens is 1. The summed E-state index contributed by atoms with van der Waals surface area (Å²) in [4.78, 5) is 38.7. The first-order chi connectivity index (χ1) is 15.9. The van der Waals surface area contributed by atoms with Gasteiger partial charge in [0.05, 0.1) is 34.3 Å². The summed E-state index contributed by atoms with van der Waals surface area (Å²) in [6.07, 6.45) is 1.30. The van der Waals surface area contributed by atoms with Gasteiger partial charge in [-0.3, -0.25) is 9.36 Å². The summed E-state index contributed by atoms with van der Waals surface area (Å²) >= 11 is 6.34. The van der Waals surface area contributed by atoms with Gasteiger partial charge in [0.1, 0.15) is 17.2 Å². The molecule has 3 N–H and O–H groups in total. The molecule has 0 fully saturated rings. The number of anilines is 2. The summed E-state index contributed by atoms with van der Waals surface area (Å²) in [5.41, 5.74) is 6.63. The van der Waals surface area contributed by atoms with Gasteiger partial charge < -0.3 is 15.8 Å². The number of carbonyl (C=O) groups is 1. The lowest BCUT2D eigenvalue weighted by molar-refractivity contribution is 0.0526. The van der Waals surface area contributed by atoms with Crippen LogP contribution in [-0.4, -0.2) is 32.1 Å². The summed E-state index contributed by atoms with van der Waals surface area (Å²) in [6, 6.07) is 13.6. The van der Waals surface area contributed by atoms with Crippen molar-refractivity contribution in [2.24, 2.45) is 0 Å². The minimum absolute atomic E-state index is 0.0172. The Bertz CT molecular complexity index is 1390. The number of hydrogen-bond donors (Lipinski definition) is 2.